The van der Waals surface area contributed by atoms with E-state index in [9.17, 15) is 5.26 Å². The summed E-state index contributed by atoms with van der Waals surface area (Å²) in [5.74, 6) is 0.290. The van der Waals surface area contributed by atoms with Gasteiger partial charge in [-0.1, -0.05) is 84.0 Å². The standard InChI is InChI=1S/C19H37NO/c1-2-3-4-5-6-9-12-15-19(18-20)16-13-10-7-8-11-14-17-21/h19,21H,2-17H2,1H3. The third-order valence-corrected chi connectivity index (χ3v) is 4.30. The van der Waals surface area contributed by atoms with E-state index >= 15 is 0 Å². The fourth-order valence-electron chi connectivity index (χ4n) is 2.83. The largest absolute Gasteiger partial charge is 0.396 e. The Labute approximate surface area is 132 Å². The van der Waals surface area contributed by atoms with Crippen molar-refractivity contribution >= 4 is 0 Å². The van der Waals surface area contributed by atoms with E-state index in [1.165, 1.54) is 70.6 Å². The number of hydrogen-bond donors (Lipinski definition) is 1. The molecule has 0 aliphatic rings. The molecule has 0 saturated carbocycles. The van der Waals surface area contributed by atoms with E-state index < -0.39 is 0 Å². The van der Waals surface area contributed by atoms with Gasteiger partial charge in [0.25, 0.3) is 0 Å². The monoisotopic (exact) mass is 295 g/mol. The second kappa shape index (κ2) is 17.5. The number of aliphatic hydroxyl groups is 1. The van der Waals surface area contributed by atoms with Crippen LogP contribution in [0.5, 0.6) is 0 Å². The molecular weight excluding hydrogens is 258 g/mol. The van der Waals surface area contributed by atoms with Crippen LogP contribution in [0, 0.1) is 17.2 Å². The molecule has 0 aromatic carbocycles. The summed E-state index contributed by atoms with van der Waals surface area (Å²) >= 11 is 0. The number of hydrogen-bond acceptors (Lipinski definition) is 2. The topological polar surface area (TPSA) is 44.0 Å². The molecule has 0 heterocycles. The molecule has 2 heteroatoms. The highest BCUT2D eigenvalue weighted by molar-refractivity contribution is 4.82. The summed E-state index contributed by atoms with van der Waals surface area (Å²) in [5, 5.41) is 17.9. The van der Waals surface area contributed by atoms with Crippen molar-refractivity contribution in [3.05, 3.63) is 0 Å². The Morgan fingerprint density at radius 1 is 0.714 bits per heavy atom. The lowest BCUT2D eigenvalue weighted by molar-refractivity contribution is 0.282. The first-order valence-corrected chi connectivity index (χ1v) is 9.35. The van der Waals surface area contributed by atoms with Crippen molar-refractivity contribution in [3.63, 3.8) is 0 Å². The molecule has 1 N–H and O–H groups in total. The molecule has 21 heavy (non-hydrogen) atoms. The van der Waals surface area contributed by atoms with Gasteiger partial charge in [0.1, 0.15) is 0 Å². The Hall–Kier alpha value is -0.550. The van der Waals surface area contributed by atoms with Gasteiger partial charge in [-0.15, -0.1) is 0 Å². The normalized spacial score (nSPS) is 12.2. The summed E-state index contributed by atoms with van der Waals surface area (Å²) < 4.78 is 0. The van der Waals surface area contributed by atoms with Crippen molar-refractivity contribution in [2.24, 2.45) is 5.92 Å². The molecule has 0 bridgehead atoms. The Kier molecular flexibility index (Phi) is 17.0. The van der Waals surface area contributed by atoms with Crippen molar-refractivity contribution in [3.8, 4) is 6.07 Å². The zero-order chi connectivity index (χ0) is 15.6. The number of rotatable bonds is 16. The Bertz CT molecular complexity index is 216. The molecule has 0 spiro atoms. The number of nitriles is 1. The lowest BCUT2D eigenvalue weighted by Gasteiger charge is -2.08. The highest BCUT2D eigenvalue weighted by atomic mass is 16.2. The van der Waals surface area contributed by atoms with Crippen molar-refractivity contribution in [2.75, 3.05) is 6.61 Å². The first-order chi connectivity index (χ1) is 10.3. The minimum absolute atomic E-state index is 0.290. The molecule has 0 aromatic heterocycles. The summed E-state index contributed by atoms with van der Waals surface area (Å²) in [6, 6.07) is 2.49. The van der Waals surface area contributed by atoms with E-state index in [1.54, 1.807) is 0 Å². The van der Waals surface area contributed by atoms with Crippen molar-refractivity contribution in [2.45, 2.75) is 103 Å². The maximum atomic E-state index is 9.19. The van der Waals surface area contributed by atoms with E-state index in [-0.39, 0.29) is 5.92 Å². The van der Waals surface area contributed by atoms with Gasteiger partial charge in [0.15, 0.2) is 0 Å². The van der Waals surface area contributed by atoms with Crippen LogP contribution >= 0.6 is 0 Å². The van der Waals surface area contributed by atoms with Gasteiger partial charge < -0.3 is 5.11 Å². The maximum absolute atomic E-state index is 9.19. The molecule has 0 aliphatic heterocycles. The first kappa shape index (κ1) is 20.5. The van der Waals surface area contributed by atoms with Crippen LogP contribution in [0.25, 0.3) is 0 Å². The lowest BCUT2D eigenvalue weighted by Crippen LogP contribution is -1.97. The van der Waals surface area contributed by atoms with E-state index in [1.807, 2.05) is 0 Å². The fourth-order valence-corrected chi connectivity index (χ4v) is 2.83. The second-order valence-corrected chi connectivity index (χ2v) is 6.37. The van der Waals surface area contributed by atoms with Gasteiger partial charge in [-0.25, -0.2) is 0 Å². The zero-order valence-electron chi connectivity index (χ0n) is 14.3. The van der Waals surface area contributed by atoms with Crippen LogP contribution in [0.1, 0.15) is 103 Å². The van der Waals surface area contributed by atoms with E-state index in [0.29, 0.717) is 6.61 Å². The van der Waals surface area contributed by atoms with Crippen molar-refractivity contribution < 1.29 is 5.11 Å². The number of nitrogens with zero attached hydrogens (tertiary/aromatic N) is 1. The highest BCUT2D eigenvalue weighted by Gasteiger charge is 2.06. The summed E-state index contributed by atoms with van der Waals surface area (Å²) in [4.78, 5) is 0. The van der Waals surface area contributed by atoms with Gasteiger partial charge in [0, 0.05) is 12.5 Å². The van der Waals surface area contributed by atoms with Gasteiger partial charge in [0.2, 0.25) is 0 Å². The van der Waals surface area contributed by atoms with Crippen molar-refractivity contribution in [1.82, 2.24) is 0 Å². The van der Waals surface area contributed by atoms with Crippen LogP contribution in [0.4, 0.5) is 0 Å². The minimum Gasteiger partial charge on any atom is -0.396 e. The molecule has 0 amide bonds. The molecule has 2 nitrogen and oxygen atoms in total. The third-order valence-electron chi connectivity index (χ3n) is 4.30. The molecule has 1 unspecified atom stereocenters. The fraction of sp³-hybridized carbons (Fsp3) is 0.947. The Morgan fingerprint density at radius 3 is 1.57 bits per heavy atom. The second-order valence-electron chi connectivity index (χ2n) is 6.37. The summed E-state index contributed by atoms with van der Waals surface area (Å²) in [6.07, 6.45) is 18.6. The average Bonchev–Trinajstić information content (AvgIpc) is 2.51. The van der Waals surface area contributed by atoms with Crippen LogP contribution in [-0.2, 0) is 0 Å². The van der Waals surface area contributed by atoms with Gasteiger partial charge >= 0.3 is 0 Å². The number of aliphatic hydroxyl groups excluding tert-OH is 1. The SMILES string of the molecule is CCCCCCCCCC(C#N)CCCCCCCCO. The predicted molar refractivity (Wildman–Crippen MR) is 91.1 cm³/mol. The van der Waals surface area contributed by atoms with Crippen molar-refractivity contribution in [1.29, 1.82) is 5.26 Å². The molecule has 0 fully saturated rings. The van der Waals surface area contributed by atoms with Gasteiger partial charge in [-0.05, 0) is 19.3 Å². The highest BCUT2D eigenvalue weighted by Crippen LogP contribution is 2.18. The zero-order valence-corrected chi connectivity index (χ0v) is 14.3. The molecule has 0 saturated heterocycles. The molecule has 0 rings (SSSR count). The lowest BCUT2D eigenvalue weighted by atomic mass is 9.95. The van der Waals surface area contributed by atoms with Gasteiger partial charge in [-0.3, -0.25) is 0 Å². The number of unbranched alkanes of at least 4 members (excludes halogenated alkanes) is 11. The minimum atomic E-state index is 0.290. The van der Waals surface area contributed by atoms with Gasteiger partial charge in [-0.2, -0.15) is 5.26 Å². The summed E-state index contributed by atoms with van der Waals surface area (Å²) in [5.41, 5.74) is 0. The average molecular weight is 296 g/mol. The molecule has 124 valence electrons. The van der Waals surface area contributed by atoms with Gasteiger partial charge in [0.05, 0.1) is 6.07 Å². The maximum Gasteiger partial charge on any atom is 0.0655 e. The molecular formula is C19H37NO. The first-order valence-electron chi connectivity index (χ1n) is 9.35. The van der Waals surface area contributed by atoms with Crippen LogP contribution in [0.3, 0.4) is 0 Å². The molecule has 1 atom stereocenters. The van der Waals surface area contributed by atoms with Crippen LogP contribution < -0.4 is 0 Å². The van der Waals surface area contributed by atoms with E-state index in [2.05, 4.69) is 13.0 Å². The smallest absolute Gasteiger partial charge is 0.0655 e. The molecule has 0 radical (unpaired) electrons. The quantitative estimate of drug-likeness (QED) is 0.355. The van der Waals surface area contributed by atoms with Crippen LogP contribution in [0.2, 0.25) is 0 Å². The molecule has 0 aromatic rings. The van der Waals surface area contributed by atoms with E-state index in [4.69, 9.17) is 5.11 Å². The molecule has 0 aliphatic carbocycles. The Morgan fingerprint density at radius 2 is 1.14 bits per heavy atom. The van der Waals surface area contributed by atoms with Crippen LogP contribution in [-0.4, -0.2) is 11.7 Å². The summed E-state index contributed by atoms with van der Waals surface area (Å²) in [6.45, 7) is 2.58. The predicted octanol–water partition coefficient (Wildman–Crippen LogP) is 5.99. The Balaban J connectivity index is 3.32. The third kappa shape index (κ3) is 15.7. The van der Waals surface area contributed by atoms with Crippen LogP contribution in [0.15, 0.2) is 0 Å². The van der Waals surface area contributed by atoms with E-state index in [0.717, 1.165) is 25.7 Å². The summed E-state index contributed by atoms with van der Waals surface area (Å²) in [7, 11) is 0.